The summed E-state index contributed by atoms with van der Waals surface area (Å²) in [6, 6.07) is 12.6. The van der Waals surface area contributed by atoms with Gasteiger partial charge in [-0.15, -0.1) is 0 Å². The Morgan fingerprint density at radius 3 is 2.29 bits per heavy atom. The van der Waals surface area contributed by atoms with Gasteiger partial charge in [-0.2, -0.15) is 0 Å². The monoisotopic (exact) mass is 408 g/mol. The molecule has 152 valence electrons. The second-order valence-electron chi connectivity index (χ2n) is 6.41. The fourth-order valence-corrected chi connectivity index (χ4v) is 3.01. The molecule has 1 N–H and O–H groups in total. The lowest BCUT2D eigenvalue weighted by atomic mass is 10.1. The first kappa shape index (κ1) is 21.7. The average Bonchev–Trinajstić information content (AvgIpc) is 2.66. The summed E-state index contributed by atoms with van der Waals surface area (Å²) >= 11 is 0. The van der Waals surface area contributed by atoms with E-state index in [2.05, 4.69) is 5.32 Å². The zero-order valence-electron chi connectivity index (χ0n) is 16.2. The van der Waals surface area contributed by atoms with Gasteiger partial charge in [-0.3, -0.25) is 9.10 Å². The van der Waals surface area contributed by atoms with E-state index in [4.69, 9.17) is 4.74 Å². The van der Waals surface area contributed by atoms with Gasteiger partial charge in [0.2, 0.25) is 10.0 Å². The van der Waals surface area contributed by atoms with Crippen LogP contribution in [0.1, 0.15) is 18.9 Å². The van der Waals surface area contributed by atoms with Crippen molar-refractivity contribution in [3.8, 4) is 5.75 Å². The van der Waals surface area contributed by atoms with Crippen LogP contribution >= 0.6 is 0 Å². The molecule has 0 aliphatic rings. The maximum atomic E-state index is 12.9. The minimum atomic E-state index is -3.34. The van der Waals surface area contributed by atoms with Crippen LogP contribution in [0.4, 0.5) is 10.1 Å². The lowest BCUT2D eigenvalue weighted by molar-refractivity contribution is -0.128. The molecular weight excluding hydrogens is 383 g/mol. The van der Waals surface area contributed by atoms with Gasteiger partial charge in [0.1, 0.15) is 11.6 Å². The second kappa shape index (κ2) is 9.54. The molecule has 0 radical (unpaired) electrons. The first-order valence-electron chi connectivity index (χ1n) is 8.93. The molecule has 0 saturated carbocycles. The van der Waals surface area contributed by atoms with Gasteiger partial charge < -0.3 is 10.1 Å². The van der Waals surface area contributed by atoms with Crippen LogP contribution in [0.3, 0.4) is 0 Å². The number of rotatable bonds is 9. The Morgan fingerprint density at radius 1 is 1.14 bits per heavy atom. The molecule has 2 aromatic rings. The van der Waals surface area contributed by atoms with Gasteiger partial charge in [0.05, 0.1) is 11.9 Å². The molecule has 0 aliphatic carbocycles. The molecule has 0 spiro atoms. The van der Waals surface area contributed by atoms with Crippen molar-refractivity contribution in [1.82, 2.24) is 5.32 Å². The van der Waals surface area contributed by atoms with Crippen LogP contribution in [-0.2, 0) is 21.2 Å². The number of ether oxygens (including phenoxy) is 1. The molecule has 0 bridgehead atoms. The molecule has 2 aromatic carbocycles. The van der Waals surface area contributed by atoms with Crippen molar-refractivity contribution in [2.24, 2.45) is 0 Å². The van der Waals surface area contributed by atoms with Crippen molar-refractivity contribution < 1.29 is 22.3 Å². The number of sulfonamides is 1. The van der Waals surface area contributed by atoms with E-state index in [-0.39, 0.29) is 11.7 Å². The number of halogens is 1. The third-order valence-electron chi connectivity index (χ3n) is 4.27. The molecule has 28 heavy (non-hydrogen) atoms. The highest BCUT2D eigenvalue weighted by atomic mass is 32.2. The van der Waals surface area contributed by atoms with Crippen molar-refractivity contribution in [1.29, 1.82) is 0 Å². The van der Waals surface area contributed by atoms with Crippen LogP contribution < -0.4 is 14.4 Å². The smallest absolute Gasteiger partial charge is 0.261 e. The lowest BCUT2D eigenvalue weighted by Crippen LogP contribution is -2.38. The molecule has 0 heterocycles. The van der Waals surface area contributed by atoms with Crippen LogP contribution in [0, 0.1) is 5.82 Å². The third kappa shape index (κ3) is 6.23. The van der Waals surface area contributed by atoms with E-state index in [1.165, 1.54) is 19.2 Å². The Morgan fingerprint density at radius 2 is 1.75 bits per heavy atom. The van der Waals surface area contributed by atoms with E-state index in [1.807, 2.05) is 6.92 Å². The summed E-state index contributed by atoms with van der Waals surface area (Å²) in [6.45, 7) is 2.26. The molecular formula is C20H25FN2O4S. The summed E-state index contributed by atoms with van der Waals surface area (Å²) in [6.07, 6.45) is 1.54. The van der Waals surface area contributed by atoms with Crippen molar-refractivity contribution >= 4 is 21.6 Å². The Kier molecular flexibility index (Phi) is 7.39. The molecule has 0 aromatic heterocycles. The second-order valence-corrected chi connectivity index (χ2v) is 8.42. The predicted octanol–water partition coefficient (Wildman–Crippen LogP) is 2.74. The molecule has 0 aliphatic heterocycles. The topological polar surface area (TPSA) is 75.7 Å². The van der Waals surface area contributed by atoms with E-state index in [1.54, 1.807) is 36.4 Å². The molecule has 0 saturated heterocycles. The number of hydrogen-bond donors (Lipinski definition) is 1. The van der Waals surface area contributed by atoms with Gasteiger partial charge in [0.25, 0.3) is 5.91 Å². The molecule has 0 fully saturated rings. The van der Waals surface area contributed by atoms with Crippen LogP contribution in [0.5, 0.6) is 5.75 Å². The summed E-state index contributed by atoms with van der Waals surface area (Å²) in [4.78, 5) is 12.3. The maximum absolute atomic E-state index is 12.9. The van der Waals surface area contributed by atoms with E-state index < -0.39 is 16.1 Å². The number of carbonyl (C=O) groups excluding carboxylic acids is 1. The molecule has 1 unspecified atom stereocenters. The highest BCUT2D eigenvalue weighted by Crippen LogP contribution is 2.21. The zero-order valence-corrected chi connectivity index (χ0v) is 17.0. The number of hydrogen-bond acceptors (Lipinski definition) is 4. The van der Waals surface area contributed by atoms with Gasteiger partial charge in [-0.1, -0.05) is 19.1 Å². The highest BCUT2D eigenvalue weighted by Gasteiger charge is 2.18. The number of nitrogens with one attached hydrogen (secondary N) is 1. The highest BCUT2D eigenvalue weighted by molar-refractivity contribution is 7.92. The largest absolute Gasteiger partial charge is 0.481 e. The number of amides is 1. The van der Waals surface area contributed by atoms with E-state index in [0.29, 0.717) is 30.8 Å². The summed E-state index contributed by atoms with van der Waals surface area (Å²) in [5, 5.41) is 2.82. The summed E-state index contributed by atoms with van der Waals surface area (Å²) < 4.78 is 42.9. The Labute approximate surface area is 165 Å². The van der Waals surface area contributed by atoms with E-state index in [9.17, 15) is 17.6 Å². The SMILES string of the molecule is CCC(Oc1ccc(N(C)S(C)(=O)=O)cc1)C(=O)NCCc1ccc(F)cc1. The fraction of sp³-hybridized carbons (Fsp3) is 0.350. The number of benzene rings is 2. The minimum Gasteiger partial charge on any atom is -0.481 e. The van der Waals surface area contributed by atoms with Gasteiger partial charge in [-0.25, -0.2) is 12.8 Å². The van der Waals surface area contributed by atoms with Crippen molar-refractivity contribution in [2.45, 2.75) is 25.9 Å². The van der Waals surface area contributed by atoms with E-state index >= 15 is 0 Å². The normalized spacial score (nSPS) is 12.3. The van der Waals surface area contributed by atoms with Crippen molar-refractivity contribution in [3.63, 3.8) is 0 Å². The van der Waals surface area contributed by atoms with E-state index in [0.717, 1.165) is 16.1 Å². The molecule has 8 heteroatoms. The molecule has 1 atom stereocenters. The molecule has 1 amide bonds. The van der Waals surface area contributed by atoms with Crippen molar-refractivity contribution in [2.75, 3.05) is 24.2 Å². The Hall–Kier alpha value is -2.61. The first-order chi connectivity index (χ1) is 13.2. The maximum Gasteiger partial charge on any atom is 0.261 e. The summed E-state index contributed by atoms with van der Waals surface area (Å²) in [5.41, 5.74) is 1.44. The summed E-state index contributed by atoms with van der Waals surface area (Å²) in [7, 11) is -1.87. The Bertz CT molecular complexity index is 883. The van der Waals surface area contributed by atoms with Gasteiger partial charge in [0, 0.05) is 13.6 Å². The van der Waals surface area contributed by atoms with Crippen molar-refractivity contribution in [3.05, 3.63) is 59.9 Å². The van der Waals surface area contributed by atoms with Gasteiger partial charge in [0.15, 0.2) is 6.10 Å². The predicted molar refractivity (Wildman–Crippen MR) is 108 cm³/mol. The molecule has 2 rings (SSSR count). The standard InChI is InChI=1S/C20H25FN2O4S/c1-4-19(20(24)22-14-13-15-5-7-16(21)8-6-15)27-18-11-9-17(10-12-18)23(2)28(3,25)26/h5-12,19H,4,13-14H2,1-3H3,(H,22,24). The third-order valence-corrected chi connectivity index (χ3v) is 5.47. The van der Waals surface area contributed by atoms with Crippen LogP contribution in [0.2, 0.25) is 0 Å². The van der Waals surface area contributed by atoms with Crippen LogP contribution in [-0.4, -0.2) is 40.3 Å². The Balaban J connectivity index is 1.90. The zero-order chi connectivity index (χ0) is 20.7. The van der Waals surface area contributed by atoms with Crippen LogP contribution in [0.15, 0.2) is 48.5 Å². The fourth-order valence-electron chi connectivity index (χ4n) is 2.51. The number of carbonyl (C=O) groups is 1. The number of nitrogens with zero attached hydrogens (tertiary/aromatic N) is 1. The summed E-state index contributed by atoms with van der Waals surface area (Å²) in [5.74, 6) is -0.0471. The van der Waals surface area contributed by atoms with Gasteiger partial charge in [-0.05, 0) is 54.8 Å². The lowest BCUT2D eigenvalue weighted by Gasteiger charge is -2.19. The quantitative estimate of drug-likeness (QED) is 0.692. The molecule has 6 nitrogen and oxygen atoms in total. The first-order valence-corrected chi connectivity index (χ1v) is 10.8. The van der Waals surface area contributed by atoms with Crippen LogP contribution in [0.25, 0.3) is 0 Å². The average molecular weight is 408 g/mol. The number of anilines is 1. The minimum absolute atomic E-state index is 0.234. The van der Waals surface area contributed by atoms with Gasteiger partial charge >= 0.3 is 0 Å².